The van der Waals surface area contributed by atoms with Crippen LogP contribution in [0.3, 0.4) is 0 Å². The highest BCUT2D eigenvalue weighted by Crippen LogP contribution is 2.37. The lowest BCUT2D eigenvalue weighted by molar-refractivity contribution is 0.112. The van der Waals surface area contributed by atoms with Crippen molar-refractivity contribution in [2.45, 2.75) is 31.6 Å². The molecule has 1 aliphatic carbocycles. The standard InChI is InChI=1S/C13H13ClN4O/c14-13-10(8-19)12(9-3-1-2-4-9)17-18(13)11-7-15-5-6-16-11/h5-9H,1-4H2. The number of halogens is 1. The van der Waals surface area contributed by atoms with Crippen LogP contribution in [0.25, 0.3) is 5.82 Å². The van der Waals surface area contributed by atoms with Crippen LogP contribution in [0.4, 0.5) is 0 Å². The molecule has 0 spiro atoms. The van der Waals surface area contributed by atoms with Gasteiger partial charge >= 0.3 is 0 Å². The largest absolute Gasteiger partial charge is 0.298 e. The molecule has 3 rings (SSSR count). The third-order valence-corrected chi connectivity index (χ3v) is 3.88. The molecule has 1 fully saturated rings. The molecule has 0 aliphatic heterocycles. The summed E-state index contributed by atoms with van der Waals surface area (Å²) in [5.74, 6) is 0.857. The van der Waals surface area contributed by atoms with Crippen molar-refractivity contribution in [2.75, 3.05) is 0 Å². The minimum Gasteiger partial charge on any atom is -0.298 e. The number of carbonyl (C=O) groups is 1. The Labute approximate surface area is 115 Å². The average Bonchev–Trinajstić information content (AvgIpc) is 3.07. The highest BCUT2D eigenvalue weighted by molar-refractivity contribution is 6.32. The molecule has 5 nitrogen and oxygen atoms in total. The number of hydrogen-bond acceptors (Lipinski definition) is 4. The van der Waals surface area contributed by atoms with Crippen molar-refractivity contribution < 1.29 is 4.79 Å². The summed E-state index contributed by atoms with van der Waals surface area (Å²) in [5, 5.41) is 4.80. The lowest BCUT2D eigenvalue weighted by Gasteiger charge is -2.04. The molecule has 2 heterocycles. The van der Waals surface area contributed by atoms with E-state index < -0.39 is 0 Å². The van der Waals surface area contributed by atoms with Crippen LogP contribution in [0.5, 0.6) is 0 Å². The molecule has 0 radical (unpaired) electrons. The van der Waals surface area contributed by atoms with Gasteiger partial charge in [0.2, 0.25) is 0 Å². The summed E-state index contributed by atoms with van der Waals surface area (Å²) in [6, 6.07) is 0. The average molecular weight is 277 g/mol. The first-order chi connectivity index (χ1) is 9.31. The molecule has 1 saturated carbocycles. The van der Waals surface area contributed by atoms with Crippen LogP contribution in [0.2, 0.25) is 5.15 Å². The Morgan fingerprint density at radius 2 is 2.11 bits per heavy atom. The molecule has 0 N–H and O–H groups in total. The number of aldehydes is 1. The summed E-state index contributed by atoms with van der Waals surface area (Å²) < 4.78 is 1.49. The first-order valence-electron chi connectivity index (χ1n) is 6.31. The Hall–Kier alpha value is -1.75. The van der Waals surface area contributed by atoms with E-state index in [0.717, 1.165) is 24.8 Å². The lowest BCUT2D eigenvalue weighted by Crippen LogP contribution is -2.02. The third-order valence-electron chi connectivity index (χ3n) is 3.52. The second kappa shape index (κ2) is 5.09. The Bertz CT molecular complexity index is 590. The zero-order valence-corrected chi connectivity index (χ0v) is 11.0. The number of carbonyl (C=O) groups excluding carboxylic acids is 1. The maximum Gasteiger partial charge on any atom is 0.173 e. The van der Waals surface area contributed by atoms with Crippen LogP contribution in [0.15, 0.2) is 18.6 Å². The fourth-order valence-electron chi connectivity index (χ4n) is 2.59. The molecule has 0 unspecified atom stereocenters. The van der Waals surface area contributed by atoms with E-state index >= 15 is 0 Å². The summed E-state index contributed by atoms with van der Waals surface area (Å²) >= 11 is 6.24. The Morgan fingerprint density at radius 3 is 2.74 bits per heavy atom. The zero-order valence-electron chi connectivity index (χ0n) is 10.3. The maximum atomic E-state index is 11.3. The highest BCUT2D eigenvalue weighted by Gasteiger charge is 2.26. The SMILES string of the molecule is O=Cc1c(C2CCCC2)nn(-c2cnccn2)c1Cl. The molecule has 6 heteroatoms. The van der Waals surface area contributed by atoms with Gasteiger partial charge in [-0.3, -0.25) is 9.78 Å². The van der Waals surface area contributed by atoms with E-state index in [9.17, 15) is 4.79 Å². The van der Waals surface area contributed by atoms with Crippen molar-refractivity contribution in [2.24, 2.45) is 0 Å². The second-order valence-electron chi connectivity index (χ2n) is 4.66. The van der Waals surface area contributed by atoms with Gasteiger partial charge in [-0.25, -0.2) is 9.67 Å². The number of hydrogen-bond donors (Lipinski definition) is 0. The topological polar surface area (TPSA) is 60.7 Å². The first kappa shape index (κ1) is 12.3. The van der Waals surface area contributed by atoms with Gasteiger partial charge < -0.3 is 0 Å². The molecule has 1 aliphatic rings. The summed E-state index contributed by atoms with van der Waals surface area (Å²) in [5.41, 5.74) is 1.28. The van der Waals surface area contributed by atoms with E-state index in [4.69, 9.17) is 11.6 Å². The van der Waals surface area contributed by atoms with E-state index in [-0.39, 0.29) is 0 Å². The molecule has 98 valence electrons. The van der Waals surface area contributed by atoms with Crippen LogP contribution < -0.4 is 0 Å². The van der Waals surface area contributed by atoms with Gasteiger partial charge in [0.15, 0.2) is 12.1 Å². The van der Waals surface area contributed by atoms with Crippen molar-refractivity contribution >= 4 is 17.9 Å². The van der Waals surface area contributed by atoms with Crippen molar-refractivity contribution in [3.63, 3.8) is 0 Å². The predicted molar refractivity (Wildman–Crippen MR) is 70.8 cm³/mol. The van der Waals surface area contributed by atoms with Gasteiger partial charge in [0.1, 0.15) is 5.15 Å². The summed E-state index contributed by atoms with van der Waals surface area (Å²) in [4.78, 5) is 19.4. The smallest absolute Gasteiger partial charge is 0.173 e. The summed E-state index contributed by atoms with van der Waals surface area (Å²) in [6.07, 6.45) is 10.0. The van der Waals surface area contributed by atoms with Crippen LogP contribution in [0, 0.1) is 0 Å². The van der Waals surface area contributed by atoms with Crippen LogP contribution in [0.1, 0.15) is 47.7 Å². The van der Waals surface area contributed by atoms with Crippen molar-refractivity contribution in [3.8, 4) is 5.82 Å². The molecular formula is C13H13ClN4O. The summed E-state index contributed by atoms with van der Waals surface area (Å²) in [6.45, 7) is 0. The van der Waals surface area contributed by atoms with Crippen LogP contribution in [-0.2, 0) is 0 Å². The Morgan fingerprint density at radius 1 is 1.32 bits per heavy atom. The molecule has 19 heavy (non-hydrogen) atoms. The molecule has 0 bridgehead atoms. The van der Waals surface area contributed by atoms with Crippen molar-refractivity contribution in [3.05, 3.63) is 35.0 Å². The van der Waals surface area contributed by atoms with E-state index in [2.05, 4.69) is 15.1 Å². The normalized spacial score (nSPS) is 15.8. The van der Waals surface area contributed by atoms with Gasteiger partial charge in [-0.15, -0.1) is 0 Å². The number of rotatable bonds is 3. The van der Waals surface area contributed by atoms with Gasteiger partial charge in [-0.05, 0) is 12.8 Å². The van der Waals surface area contributed by atoms with E-state index in [1.54, 1.807) is 18.6 Å². The fourth-order valence-corrected chi connectivity index (χ4v) is 2.85. The van der Waals surface area contributed by atoms with Gasteiger partial charge in [-0.2, -0.15) is 5.10 Å². The van der Waals surface area contributed by atoms with Crippen LogP contribution in [-0.4, -0.2) is 26.0 Å². The number of aromatic nitrogens is 4. The summed E-state index contributed by atoms with van der Waals surface area (Å²) in [7, 11) is 0. The van der Waals surface area contributed by atoms with Crippen molar-refractivity contribution in [1.29, 1.82) is 0 Å². The highest BCUT2D eigenvalue weighted by atomic mass is 35.5. The molecular weight excluding hydrogens is 264 g/mol. The lowest BCUT2D eigenvalue weighted by atomic mass is 10.0. The molecule has 2 aromatic rings. The van der Waals surface area contributed by atoms with Crippen molar-refractivity contribution in [1.82, 2.24) is 19.7 Å². The van der Waals surface area contributed by atoms with E-state index in [1.165, 1.54) is 17.5 Å². The number of nitrogens with zero attached hydrogens (tertiary/aromatic N) is 4. The molecule has 2 aromatic heterocycles. The Balaban J connectivity index is 2.09. The third kappa shape index (κ3) is 2.14. The fraction of sp³-hybridized carbons (Fsp3) is 0.385. The Kier molecular flexibility index (Phi) is 3.29. The first-order valence-corrected chi connectivity index (χ1v) is 6.69. The zero-order chi connectivity index (χ0) is 13.2. The predicted octanol–water partition coefficient (Wildman–Crippen LogP) is 2.79. The minimum absolute atomic E-state index is 0.317. The molecule has 0 aromatic carbocycles. The van der Waals surface area contributed by atoms with Gasteiger partial charge in [0.25, 0.3) is 0 Å². The molecule has 0 saturated heterocycles. The molecule has 0 atom stereocenters. The van der Waals surface area contributed by atoms with E-state index in [1.807, 2.05) is 0 Å². The minimum atomic E-state index is 0.317. The second-order valence-corrected chi connectivity index (χ2v) is 5.02. The van der Waals surface area contributed by atoms with Crippen LogP contribution >= 0.6 is 11.6 Å². The van der Waals surface area contributed by atoms with Gasteiger partial charge in [-0.1, -0.05) is 24.4 Å². The monoisotopic (exact) mass is 276 g/mol. The quantitative estimate of drug-likeness (QED) is 0.809. The maximum absolute atomic E-state index is 11.3. The van der Waals surface area contributed by atoms with Gasteiger partial charge in [0.05, 0.1) is 17.5 Å². The van der Waals surface area contributed by atoms with Gasteiger partial charge in [0, 0.05) is 18.3 Å². The molecule has 0 amide bonds. The van der Waals surface area contributed by atoms with E-state index in [0.29, 0.717) is 22.5 Å².